The van der Waals surface area contributed by atoms with Gasteiger partial charge in [0.15, 0.2) is 0 Å². The first-order chi connectivity index (χ1) is 14.2. The van der Waals surface area contributed by atoms with Crippen LogP contribution in [0.3, 0.4) is 0 Å². The second-order valence-electron chi connectivity index (χ2n) is 7.41. The molecule has 148 valence electrons. The molecule has 0 saturated heterocycles. The van der Waals surface area contributed by atoms with E-state index in [1.807, 2.05) is 30.3 Å². The fourth-order valence-electron chi connectivity index (χ4n) is 3.84. The molecule has 0 aliphatic rings. The van der Waals surface area contributed by atoms with Gasteiger partial charge in [-0.2, -0.15) is 0 Å². The molecule has 0 radical (unpaired) electrons. The summed E-state index contributed by atoms with van der Waals surface area (Å²) in [5, 5.41) is 7.70. The maximum atomic E-state index is 5.83. The summed E-state index contributed by atoms with van der Waals surface area (Å²) in [6.45, 7) is 6.33. The summed E-state index contributed by atoms with van der Waals surface area (Å²) in [6.07, 6.45) is 0.929. The van der Waals surface area contributed by atoms with Crippen molar-refractivity contribution in [2.75, 3.05) is 6.54 Å². The topological polar surface area (TPSA) is 52.5 Å². The minimum absolute atomic E-state index is 0.448. The molecule has 4 heteroatoms. The number of pyridine rings is 1. The monoisotopic (exact) mass is 385 g/mol. The van der Waals surface area contributed by atoms with Crippen LogP contribution in [0.25, 0.3) is 21.8 Å². The highest BCUT2D eigenvalue weighted by molar-refractivity contribution is 5.95. The summed E-state index contributed by atoms with van der Waals surface area (Å²) < 4.78 is 2.38. The van der Waals surface area contributed by atoms with Crippen molar-refractivity contribution in [1.29, 1.82) is 0 Å². The Morgan fingerprint density at radius 2 is 1.66 bits per heavy atom. The van der Waals surface area contributed by atoms with Crippen LogP contribution in [-0.4, -0.2) is 11.1 Å². The van der Waals surface area contributed by atoms with Gasteiger partial charge in [0.25, 0.3) is 0 Å². The summed E-state index contributed by atoms with van der Waals surface area (Å²) in [5.74, 6) is 0. The van der Waals surface area contributed by atoms with Crippen LogP contribution in [0, 0.1) is 13.8 Å². The van der Waals surface area contributed by atoms with E-state index in [2.05, 4.69) is 60.0 Å². The first-order valence-electron chi connectivity index (χ1n) is 10.1. The number of hydrogen-bond donors (Lipinski definition) is 1. The van der Waals surface area contributed by atoms with Gasteiger partial charge in [0, 0.05) is 17.3 Å². The molecule has 0 fully saturated rings. The van der Waals surface area contributed by atoms with Crippen LogP contribution < -0.4 is 11.1 Å². The number of aryl methyl sites for hydroxylation is 3. The van der Waals surface area contributed by atoms with E-state index in [9.17, 15) is 0 Å². The van der Waals surface area contributed by atoms with Gasteiger partial charge in [0.05, 0.1) is 11.0 Å². The lowest BCUT2D eigenvalue weighted by Crippen LogP contribution is -2.16. The molecular weight excluding hydrogens is 358 g/mol. The number of nitrogens with zero attached hydrogens (tertiary/aromatic N) is 2. The third-order valence-electron chi connectivity index (χ3n) is 5.49. The highest BCUT2D eigenvalue weighted by Gasteiger charge is 2.13. The number of para-hydroxylation sites is 1. The normalized spacial score (nSPS) is 12.0. The summed E-state index contributed by atoms with van der Waals surface area (Å²) in [4.78, 5) is 5.81. The predicted octanol–water partition coefficient (Wildman–Crippen LogP) is 4.79. The lowest BCUT2D eigenvalue weighted by Gasteiger charge is -2.18. The van der Waals surface area contributed by atoms with Crippen molar-refractivity contribution in [3.63, 3.8) is 0 Å². The van der Waals surface area contributed by atoms with Crippen molar-refractivity contribution < 1.29 is 4.84 Å². The number of rotatable bonds is 6. The van der Waals surface area contributed by atoms with Crippen LogP contribution in [0.15, 0.2) is 71.9 Å². The molecule has 0 spiro atoms. The Morgan fingerprint density at radius 1 is 0.897 bits per heavy atom. The number of nitrogens with two attached hydrogens (primary N) is 1. The van der Waals surface area contributed by atoms with Crippen LogP contribution in [0.1, 0.15) is 23.1 Å². The lowest BCUT2D eigenvalue weighted by atomic mass is 10.0. The van der Waals surface area contributed by atoms with Gasteiger partial charge >= 0.3 is 0 Å². The molecule has 0 saturated carbocycles. The highest BCUT2D eigenvalue weighted by atomic mass is 16.6. The lowest BCUT2D eigenvalue weighted by molar-refractivity contribution is 0.121. The average molecular weight is 386 g/mol. The van der Waals surface area contributed by atoms with E-state index in [4.69, 9.17) is 10.6 Å². The highest BCUT2D eigenvalue weighted by Crippen LogP contribution is 2.25. The minimum atomic E-state index is 0.448. The van der Waals surface area contributed by atoms with E-state index in [1.54, 1.807) is 0 Å². The van der Waals surface area contributed by atoms with Crippen molar-refractivity contribution in [2.45, 2.75) is 33.4 Å². The Morgan fingerprint density at radius 3 is 2.45 bits per heavy atom. The number of benzene rings is 3. The molecule has 0 amide bonds. The van der Waals surface area contributed by atoms with Crippen molar-refractivity contribution >= 4 is 21.8 Å². The maximum Gasteiger partial charge on any atom is 0.142 e. The zero-order valence-corrected chi connectivity index (χ0v) is 17.1. The molecule has 29 heavy (non-hydrogen) atoms. The smallest absolute Gasteiger partial charge is 0.142 e. The molecule has 2 N–H and O–H groups in total. The molecular formula is C25H27N3O. The van der Waals surface area contributed by atoms with Gasteiger partial charge in [-0.05, 0) is 49.6 Å². The average Bonchev–Trinajstić information content (AvgIpc) is 2.76. The van der Waals surface area contributed by atoms with Gasteiger partial charge in [-0.25, -0.2) is 0 Å². The van der Waals surface area contributed by atoms with E-state index in [0.29, 0.717) is 13.2 Å². The van der Waals surface area contributed by atoms with E-state index in [-0.39, 0.29) is 0 Å². The van der Waals surface area contributed by atoms with Crippen molar-refractivity contribution in [1.82, 2.24) is 4.57 Å². The zero-order chi connectivity index (χ0) is 20.2. The Balaban J connectivity index is 1.95. The molecule has 0 aliphatic carbocycles. The predicted molar refractivity (Wildman–Crippen MR) is 119 cm³/mol. The fraction of sp³-hybridized carbons (Fsp3) is 0.240. The van der Waals surface area contributed by atoms with E-state index in [1.165, 1.54) is 16.6 Å². The van der Waals surface area contributed by atoms with Gasteiger partial charge in [0.1, 0.15) is 12.0 Å². The third kappa shape index (κ3) is 3.76. The van der Waals surface area contributed by atoms with E-state index >= 15 is 0 Å². The second-order valence-corrected chi connectivity index (χ2v) is 7.41. The molecule has 0 bridgehead atoms. The van der Waals surface area contributed by atoms with Gasteiger partial charge in [-0.1, -0.05) is 65.8 Å². The molecule has 4 rings (SSSR count). The Hall–Kier alpha value is -3.11. The fourth-order valence-corrected chi connectivity index (χ4v) is 3.84. The minimum Gasteiger partial charge on any atom is -0.390 e. The van der Waals surface area contributed by atoms with Crippen LogP contribution in [0.5, 0.6) is 0 Å². The first-order valence-corrected chi connectivity index (χ1v) is 10.1. The van der Waals surface area contributed by atoms with Crippen molar-refractivity contribution in [3.05, 3.63) is 88.8 Å². The SMILES string of the molecule is Cc1ccc2c(=NOCc3ccccc3)c3ccccc3n(CCCN)c2c1C. The van der Waals surface area contributed by atoms with Gasteiger partial charge < -0.3 is 15.1 Å². The number of hydrogen-bond acceptors (Lipinski definition) is 3. The van der Waals surface area contributed by atoms with Crippen LogP contribution in [0.2, 0.25) is 0 Å². The molecule has 0 atom stereocenters. The molecule has 1 aromatic heterocycles. The largest absolute Gasteiger partial charge is 0.390 e. The molecule has 4 nitrogen and oxygen atoms in total. The maximum absolute atomic E-state index is 5.83. The zero-order valence-electron chi connectivity index (χ0n) is 17.1. The number of aromatic nitrogens is 1. The number of fused-ring (bicyclic) bond motifs is 2. The van der Waals surface area contributed by atoms with Gasteiger partial charge in [0.2, 0.25) is 0 Å². The van der Waals surface area contributed by atoms with Crippen molar-refractivity contribution in [2.24, 2.45) is 10.9 Å². The molecule has 4 aromatic rings. The van der Waals surface area contributed by atoms with Gasteiger partial charge in [-0.15, -0.1) is 0 Å². The Bertz CT molecular complexity index is 1210. The molecule has 0 unspecified atom stereocenters. The standard InChI is InChI=1S/C25H27N3O/c1-18-13-14-22-24(27-29-17-20-9-4-3-5-10-20)21-11-6-7-12-23(21)28(16-8-15-26)25(22)19(18)2/h3-7,9-14H,8,15-17,26H2,1-2H3. The molecule has 1 heterocycles. The summed E-state index contributed by atoms with van der Waals surface area (Å²) in [5.41, 5.74) is 11.8. The van der Waals surface area contributed by atoms with Crippen LogP contribution in [-0.2, 0) is 18.0 Å². The summed E-state index contributed by atoms with van der Waals surface area (Å²) in [6, 6.07) is 22.9. The Labute approximate surface area is 171 Å². The molecule has 3 aromatic carbocycles. The quantitative estimate of drug-likeness (QED) is 0.383. The van der Waals surface area contributed by atoms with Crippen LogP contribution in [0.4, 0.5) is 0 Å². The van der Waals surface area contributed by atoms with E-state index < -0.39 is 0 Å². The summed E-state index contributed by atoms with van der Waals surface area (Å²) >= 11 is 0. The van der Waals surface area contributed by atoms with Gasteiger partial charge in [-0.3, -0.25) is 0 Å². The molecule has 0 aliphatic heterocycles. The third-order valence-corrected chi connectivity index (χ3v) is 5.49. The summed E-state index contributed by atoms with van der Waals surface area (Å²) in [7, 11) is 0. The Kier molecular flexibility index (Phi) is 5.63. The van der Waals surface area contributed by atoms with Crippen LogP contribution >= 0.6 is 0 Å². The van der Waals surface area contributed by atoms with Crippen molar-refractivity contribution in [3.8, 4) is 0 Å². The first kappa shape index (κ1) is 19.2. The second kappa shape index (κ2) is 8.50. The van der Waals surface area contributed by atoms with E-state index in [0.717, 1.165) is 40.2 Å².